The van der Waals surface area contributed by atoms with Crippen LogP contribution in [-0.4, -0.2) is 42.0 Å². The second kappa shape index (κ2) is 10.00. The van der Waals surface area contributed by atoms with Crippen molar-refractivity contribution in [3.63, 3.8) is 0 Å². The van der Waals surface area contributed by atoms with Gasteiger partial charge in [0.25, 0.3) is 5.91 Å². The van der Waals surface area contributed by atoms with Gasteiger partial charge in [-0.2, -0.15) is 0 Å². The van der Waals surface area contributed by atoms with Gasteiger partial charge >= 0.3 is 0 Å². The number of ether oxygens (including phenoxy) is 3. The van der Waals surface area contributed by atoms with E-state index in [4.69, 9.17) is 26.4 Å². The van der Waals surface area contributed by atoms with Crippen molar-refractivity contribution < 1.29 is 19.0 Å². The molecule has 0 unspecified atom stereocenters. The van der Waals surface area contributed by atoms with Crippen LogP contribution in [0.25, 0.3) is 6.08 Å². The Morgan fingerprint density at radius 1 is 1.03 bits per heavy atom. The smallest absolute Gasteiger partial charge is 0.266 e. The molecule has 30 heavy (non-hydrogen) atoms. The molecule has 5 nitrogen and oxygen atoms in total. The van der Waals surface area contributed by atoms with Crippen molar-refractivity contribution in [1.82, 2.24) is 4.90 Å². The first kappa shape index (κ1) is 22.2. The van der Waals surface area contributed by atoms with Crippen LogP contribution in [0.1, 0.15) is 23.6 Å². The molecule has 0 N–H and O–H groups in total. The van der Waals surface area contributed by atoms with E-state index in [2.05, 4.69) is 6.07 Å². The Balaban J connectivity index is 1.62. The number of amides is 1. The number of hydrogen-bond donors (Lipinski definition) is 0. The molecule has 0 radical (unpaired) electrons. The lowest BCUT2D eigenvalue weighted by molar-refractivity contribution is -0.121. The van der Waals surface area contributed by atoms with Crippen molar-refractivity contribution >= 4 is 40.3 Å². The van der Waals surface area contributed by atoms with E-state index in [9.17, 15) is 4.79 Å². The number of thioether (sulfide) groups is 1. The molecule has 2 aromatic rings. The Bertz CT molecular complexity index is 967. The van der Waals surface area contributed by atoms with Crippen LogP contribution in [0.2, 0.25) is 0 Å². The Kier molecular flexibility index (Phi) is 7.39. The largest absolute Gasteiger partial charge is 0.493 e. The highest BCUT2D eigenvalue weighted by Crippen LogP contribution is 2.34. The number of nitrogens with zero attached hydrogens (tertiary/aromatic N) is 1. The molecular formula is C23H25NO4S2. The molecule has 7 heteroatoms. The summed E-state index contributed by atoms with van der Waals surface area (Å²) in [4.78, 5) is 14.6. The fourth-order valence-corrected chi connectivity index (χ4v) is 4.53. The maximum absolute atomic E-state index is 12.4. The molecule has 0 aliphatic carbocycles. The minimum absolute atomic E-state index is 0.0599. The fourth-order valence-electron chi connectivity index (χ4n) is 3.14. The Morgan fingerprint density at radius 2 is 1.73 bits per heavy atom. The first-order chi connectivity index (χ1) is 14.4. The second-order valence-electron chi connectivity index (χ2n) is 6.86. The molecule has 2 aromatic carbocycles. The number of aryl methyl sites for hydroxylation is 2. The standard InChI is InChI=1S/C23H25NO4S2/c1-5-24-22(25)21(30-23(24)29)14-17-6-7-19(20(13-17)26-4)28-9-8-27-18-11-15(2)10-16(3)12-18/h6-7,10-14H,5,8-9H2,1-4H3/b21-14-. The molecule has 1 amide bonds. The van der Waals surface area contributed by atoms with Crippen LogP contribution in [0.4, 0.5) is 0 Å². The van der Waals surface area contributed by atoms with Gasteiger partial charge in [-0.25, -0.2) is 0 Å². The first-order valence-electron chi connectivity index (χ1n) is 9.68. The van der Waals surface area contributed by atoms with Gasteiger partial charge < -0.3 is 14.2 Å². The third-order valence-corrected chi connectivity index (χ3v) is 5.86. The number of hydrogen-bond acceptors (Lipinski definition) is 6. The monoisotopic (exact) mass is 443 g/mol. The lowest BCUT2D eigenvalue weighted by Crippen LogP contribution is -2.27. The van der Waals surface area contributed by atoms with Gasteiger partial charge in [-0.05, 0) is 67.8 Å². The summed E-state index contributed by atoms with van der Waals surface area (Å²) in [6.45, 7) is 7.38. The molecule has 1 fully saturated rings. The number of likely N-dealkylation sites (N-methyl/N-ethyl adjacent to an activating group) is 1. The maximum atomic E-state index is 12.4. The third-order valence-electron chi connectivity index (χ3n) is 4.48. The molecule has 158 valence electrons. The van der Waals surface area contributed by atoms with Gasteiger partial charge in [0, 0.05) is 6.54 Å². The summed E-state index contributed by atoms with van der Waals surface area (Å²) in [7, 11) is 1.59. The van der Waals surface area contributed by atoms with Gasteiger partial charge in [0.2, 0.25) is 0 Å². The highest BCUT2D eigenvalue weighted by atomic mass is 32.2. The van der Waals surface area contributed by atoms with Crippen molar-refractivity contribution in [2.24, 2.45) is 0 Å². The van der Waals surface area contributed by atoms with Crippen LogP contribution in [0.3, 0.4) is 0 Å². The van der Waals surface area contributed by atoms with Crippen molar-refractivity contribution in [2.45, 2.75) is 20.8 Å². The van der Waals surface area contributed by atoms with E-state index in [1.165, 1.54) is 22.9 Å². The average molecular weight is 444 g/mol. The summed E-state index contributed by atoms with van der Waals surface area (Å²) in [6.07, 6.45) is 1.82. The van der Waals surface area contributed by atoms with Crippen LogP contribution in [0.5, 0.6) is 17.2 Å². The minimum atomic E-state index is -0.0599. The van der Waals surface area contributed by atoms with Crippen LogP contribution < -0.4 is 14.2 Å². The predicted molar refractivity (Wildman–Crippen MR) is 125 cm³/mol. The number of carbonyl (C=O) groups excluding carboxylic acids is 1. The number of benzene rings is 2. The average Bonchev–Trinajstić information content (AvgIpc) is 2.97. The molecule has 0 aromatic heterocycles. The quantitative estimate of drug-likeness (QED) is 0.325. The number of methoxy groups -OCH3 is 1. The predicted octanol–water partition coefficient (Wildman–Crippen LogP) is 4.99. The number of rotatable bonds is 8. The lowest BCUT2D eigenvalue weighted by Gasteiger charge is -2.13. The van der Waals surface area contributed by atoms with E-state index < -0.39 is 0 Å². The molecule has 1 heterocycles. The zero-order valence-corrected chi connectivity index (χ0v) is 19.2. The van der Waals surface area contributed by atoms with E-state index in [-0.39, 0.29) is 5.91 Å². The van der Waals surface area contributed by atoms with Crippen molar-refractivity contribution in [2.75, 3.05) is 26.9 Å². The Hall–Kier alpha value is -2.51. The second-order valence-corrected chi connectivity index (χ2v) is 8.53. The van der Waals surface area contributed by atoms with Crippen LogP contribution >= 0.6 is 24.0 Å². The van der Waals surface area contributed by atoms with E-state index in [1.54, 1.807) is 12.0 Å². The van der Waals surface area contributed by atoms with Crippen molar-refractivity contribution in [3.8, 4) is 17.2 Å². The van der Waals surface area contributed by atoms with Crippen LogP contribution in [0.15, 0.2) is 41.3 Å². The van der Waals surface area contributed by atoms with E-state index >= 15 is 0 Å². The molecule has 3 rings (SSSR count). The van der Waals surface area contributed by atoms with E-state index in [1.807, 2.05) is 57.2 Å². The highest BCUT2D eigenvalue weighted by Gasteiger charge is 2.30. The fraction of sp³-hybridized carbons (Fsp3) is 0.304. The normalized spacial score (nSPS) is 15.1. The van der Waals surface area contributed by atoms with Gasteiger partial charge in [0.15, 0.2) is 11.5 Å². The Morgan fingerprint density at radius 3 is 2.37 bits per heavy atom. The summed E-state index contributed by atoms with van der Waals surface area (Å²) in [5.74, 6) is 2.00. The van der Waals surface area contributed by atoms with Crippen LogP contribution in [-0.2, 0) is 4.79 Å². The van der Waals surface area contributed by atoms with E-state index in [0.29, 0.717) is 40.5 Å². The summed E-state index contributed by atoms with van der Waals surface area (Å²) >= 11 is 6.57. The first-order valence-corrected chi connectivity index (χ1v) is 10.9. The highest BCUT2D eigenvalue weighted by molar-refractivity contribution is 8.26. The summed E-state index contributed by atoms with van der Waals surface area (Å²) < 4.78 is 17.7. The van der Waals surface area contributed by atoms with Gasteiger partial charge in [-0.1, -0.05) is 36.1 Å². The molecule has 1 aliphatic rings. The molecule has 1 saturated heterocycles. The van der Waals surface area contributed by atoms with Crippen molar-refractivity contribution in [3.05, 3.63) is 58.0 Å². The summed E-state index contributed by atoms with van der Waals surface area (Å²) in [6, 6.07) is 11.7. The number of thiocarbonyl (C=S) groups is 1. The van der Waals surface area contributed by atoms with E-state index in [0.717, 1.165) is 11.3 Å². The van der Waals surface area contributed by atoms with Gasteiger partial charge in [0.1, 0.15) is 23.3 Å². The zero-order valence-electron chi connectivity index (χ0n) is 17.6. The maximum Gasteiger partial charge on any atom is 0.266 e. The van der Waals surface area contributed by atoms with Gasteiger partial charge in [-0.15, -0.1) is 0 Å². The Labute approximate surface area is 187 Å². The molecule has 0 saturated carbocycles. The van der Waals surface area contributed by atoms with Crippen molar-refractivity contribution in [1.29, 1.82) is 0 Å². The third kappa shape index (κ3) is 5.34. The lowest BCUT2D eigenvalue weighted by atomic mass is 10.1. The summed E-state index contributed by atoms with van der Waals surface area (Å²) in [5, 5.41) is 0. The molecular weight excluding hydrogens is 418 g/mol. The topological polar surface area (TPSA) is 48.0 Å². The molecule has 0 spiro atoms. The number of carbonyl (C=O) groups is 1. The minimum Gasteiger partial charge on any atom is -0.493 e. The SMILES string of the molecule is CCN1C(=O)/C(=C/c2ccc(OCCOc3cc(C)cc(C)c3)c(OC)c2)SC1=S. The molecule has 1 aliphatic heterocycles. The van der Waals surface area contributed by atoms with Crippen LogP contribution in [0, 0.1) is 13.8 Å². The molecule has 0 atom stereocenters. The zero-order chi connectivity index (χ0) is 21.7. The van der Waals surface area contributed by atoms with Gasteiger partial charge in [-0.3, -0.25) is 9.69 Å². The van der Waals surface area contributed by atoms with Gasteiger partial charge in [0.05, 0.1) is 12.0 Å². The summed E-state index contributed by atoms with van der Waals surface area (Å²) in [5.41, 5.74) is 3.18. The molecule has 0 bridgehead atoms.